The van der Waals surface area contributed by atoms with Crippen LogP contribution in [0.15, 0.2) is 0 Å². The van der Waals surface area contributed by atoms with Gasteiger partial charge in [-0.25, -0.2) is 4.79 Å². The minimum atomic E-state index is -1.83. The lowest BCUT2D eigenvalue weighted by Crippen LogP contribution is -1.85. The molecule has 0 saturated heterocycles. The summed E-state index contributed by atoms with van der Waals surface area (Å²) in [5.41, 5.74) is 0. The molecule has 140 valence electrons. The van der Waals surface area contributed by atoms with Crippen molar-refractivity contribution in [3.8, 4) is 0 Å². The molecule has 0 aromatic carbocycles. The Morgan fingerprint density at radius 1 is 0.565 bits per heavy atom. The maximum absolute atomic E-state index is 8.67. The van der Waals surface area contributed by atoms with Crippen LogP contribution >= 0.6 is 0 Å². The molecule has 0 saturated carbocycles. The van der Waals surface area contributed by atoms with Crippen LogP contribution in [0.2, 0.25) is 0 Å². The van der Waals surface area contributed by atoms with E-state index in [1.807, 2.05) is 0 Å². The molecule has 23 heavy (non-hydrogen) atoms. The standard InChI is InChI=1S/C18H38O.CH2O3/c1-2-3-4-5-6-7-8-9-10-11-12-13-14-15-16-17-18-19;2-1(3)4/h19H,2-18H2,1H3;(H2,2,3,4). The number of aliphatic hydroxyl groups excluding tert-OH is 1. The lowest BCUT2D eigenvalue weighted by atomic mass is 10.0. The molecule has 4 heteroatoms. The summed E-state index contributed by atoms with van der Waals surface area (Å²) < 4.78 is 0. The van der Waals surface area contributed by atoms with E-state index in [0.717, 1.165) is 6.42 Å². The molecule has 0 aliphatic heterocycles. The first-order chi connectivity index (χ1) is 11.1. The molecule has 4 nitrogen and oxygen atoms in total. The summed E-state index contributed by atoms with van der Waals surface area (Å²) in [4.78, 5) is 8.56. The minimum absolute atomic E-state index is 0.373. The van der Waals surface area contributed by atoms with Gasteiger partial charge in [-0.2, -0.15) is 0 Å². The first-order valence-corrected chi connectivity index (χ1v) is 9.67. The van der Waals surface area contributed by atoms with Gasteiger partial charge in [0.05, 0.1) is 0 Å². The molecule has 0 aliphatic rings. The van der Waals surface area contributed by atoms with Gasteiger partial charge in [0.2, 0.25) is 0 Å². The number of carboxylic acid groups (broad SMARTS) is 2. The minimum Gasteiger partial charge on any atom is -0.450 e. The maximum Gasteiger partial charge on any atom is 0.503 e. The van der Waals surface area contributed by atoms with Gasteiger partial charge in [-0.05, 0) is 6.42 Å². The van der Waals surface area contributed by atoms with Crippen LogP contribution in [0.1, 0.15) is 110 Å². The molecular formula is C19H40O4. The first kappa shape index (κ1) is 24.5. The number of unbranched alkanes of at least 4 members (excludes halogenated alkanes) is 15. The van der Waals surface area contributed by atoms with Gasteiger partial charge in [0.15, 0.2) is 0 Å². The molecular weight excluding hydrogens is 292 g/mol. The van der Waals surface area contributed by atoms with E-state index in [2.05, 4.69) is 6.92 Å². The zero-order valence-electron chi connectivity index (χ0n) is 15.3. The van der Waals surface area contributed by atoms with E-state index in [1.54, 1.807) is 0 Å². The zero-order valence-corrected chi connectivity index (χ0v) is 15.3. The Labute approximate surface area is 143 Å². The summed E-state index contributed by atoms with van der Waals surface area (Å²) in [6, 6.07) is 0. The second-order valence-electron chi connectivity index (χ2n) is 6.31. The van der Waals surface area contributed by atoms with Gasteiger partial charge in [0, 0.05) is 6.61 Å². The summed E-state index contributed by atoms with van der Waals surface area (Å²) in [7, 11) is 0. The number of aliphatic hydroxyl groups is 1. The van der Waals surface area contributed by atoms with Crippen molar-refractivity contribution in [1.82, 2.24) is 0 Å². The maximum atomic E-state index is 8.67. The fourth-order valence-electron chi connectivity index (χ4n) is 2.66. The number of hydrogen-bond donors (Lipinski definition) is 3. The third-order valence-corrected chi connectivity index (χ3v) is 4.01. The van der Waals surface area contributed by atoms with Crippen molar-refractivity contribution >= 4 is 6.16 Å². The van der Waals surface area contributed by atoms with Gasteiger partial charge in [-0.15, -0.1) is 0 Å². The molecule has 0 unspecified atom stereocenters. The Morgan fingerprint density at radius 3 is 1.00 bits per heavy atom. The van der Waals surface area contributed by atoms with Gasteiger partial charge in [-0.1, -0.05) is 103 Å². The van der Waals surface area contributed by atoms with E-state index >= 15 is 0 Å². The third-order valence-electron chi connectivity index (χ3n) is 4.01. The SMILES string of the molecule is CCCCCCCCCCCCCCCCCCO.O=C(O)O. The molecule has 0 fully saturated rings. The van der Waals surface area contributed by atoms with Crippen LogP contribution in [0.25, 0.3) is 0 Å². The van der Waals surface area contributed by atoms with Gasteiger partial charge in [-0.3, -0.25) is 0 Å². The van der Waals surface area contributed by atoms with Crippen molar-refractivity contribution in [3.05, 3.63) is 0 Å². The monoisotopic (exact) mass is 332 g/mol. The highest BCUT2D eigenvalue weighted by molar-refractivity contribution is 5.53. The van der Waals surface area contributed by atoms with Crippen LogP contribution in [-0.4, -0.2) is 28.1 Å². The van der Waals surface area contributed by atoms with E-state index in [0.29, 0.717) is 6.61 Å². The highest BCUT2D eigenvalue weighted by Gasteiger charge is 1.94. The van der Waals surface area contributed by atoms with Crippen LogP contribution in [0.4, 0.5) is 4.79 Å². The third kappa shape index (κ3) is 33.8. The quantitative estimate of drug-likeness (QED) is 0.283. The van der Waals surface area contributed by atoms with E-state index in [4.69, 9.17) is 20.1 Å². The summed E-state index contributed by atoms with van der Waals surface area (Å²) in [6.45, 7) is 2.66. The zero-order chi connectivity index (χ0) is 17.6. The van der Waals surface area contributed by atoms with Crippen LogP contribution in [-0.2, 0) is 0 Å². The van der Waals surface area contributed by atoms with Gasteiger partial charge < -0.3 is 15.3 Å². The summed E-state index contributed by atoms with van der Waals surface area (Å²) in [5, 5.41) is 22.6. The van der Waals surface area contributed by atoms with Crippen LogP contribution in [0, 0.1) is 0 Å². The van der Waals surface area contributed by atoms with Crippen LogP contribution in [0.5, 0.6) is 0 Å². The highest BCUT2D eigenvalue weighted by atomic mass is 16.6. The average molecular weight is 333 g/mol. The second-order valence-corrected chi connectivity index (χ2v) is 6.31. The summed E-state index contributed by atoms with van der Waals surface area (Å²) in [5.74, 6) is 0. The van der Waals surface area contributed by atoms with Gasteiger partial charge >= 0.3 is 6.16 Å². The normalized spacial score (nSPS) is 10.2. The van der Waals surface area contributed by atoms with Crippen LogP contribution in [0.3, 0.4) is 0 Å². The lowest BCUT2D eigenvalue weighted by molar-refractivity contribution is 0.137. The molecule has 0 bridgehead atoms. The molecule has 0 aromatic rings. The molecule has 0 radical (unpaired) electrons. The Morgan fingerprint density at radius 2 is 0.783 bits per heavy atom. The molecule has 0 heterocycles. The van der Waals surface area contributed by atoms with Crippen molar-refractivity contribution in [3.63, 3.8) is 0 Å². The van der Waals surface area contributed by atoms with Crippen molar-refractivity contribution in [2.24, 2.45) is 0 Å². The Bertz CT molecular complexity index is 199. The van der Waals surface area contributed by atoms with Crippen molar-refractivity contribution < 1.29 is 20.1 Å². The largest absolute Gasteiger partial charge is 0.503 e. The lowest BCUT2D eigenvalue weighted by Gasteiger charge is -2.03. The van der Waals surface area contributed by atoms with E-state index in [1.165, 1.54) is 96.3 Å². The molecule has 0 rings (SSSR count). The number of rotatable bonds is 16. The van der Waals surface area contributed by atoms with E-state index < -0.39 is 6.16 Å². The van der Waals surface area contributed by atoms with Crippen molar-refractivity contribution in [2.75, 3.05) is 6.61 Å². The Hall–Kier alpha value is -0.770. The van der Waals surface area contributed by atoms with Crippen LogP contribution < -0.4 is 0 Å². The predicted molar refractivity (Wildman–Crippen MR) is 97.3 cm³/mol. The van der Waals surface area contributed by atoms with Crippen molar-refractivity contribution in [1.29, 1.82) is 0 Å². The number of hydrogen-bond acceptors (Lipinski definition) is 2. The molecule has 0 amide bonds. The second kappa shape index (κ2) is 23.5. The predicted octanol–water partition coefficient (Wildman–Crippen LogP) is 6.46. The van der Waals surface area contributed by atoms with Gasteiger partial charge in [0.1, 0.15) is 0 Å². The smallest absolute Gasteiger partial charge is 0.450 e. The Kier molecular flexibility index (Phi) is 25.0. The van der Waals surface area contributed by atoms with Gasteiger partial charge in [0.25, 0.3) is 0 Å². The average Bonchev–Trinajstić information content (AvgIpc) is 2.50. The Balaban J connectivity index is 0. The molecule has 0 atom stereocenters. The molecule has 3 N–H and O–H groups in total. The van der Waals surface area contributed by atoms with Crippen molar-refractivity contribution in [2.45, 2.75) is 110 Å². The highest BCUT2D eigenvalue weighted by Crippen LogP contribution is 2.13. The molecule has 0 spiro atoms. The van der Waals surface area contributed by atoms with E-state index in [9.17, 15) is 0 Å². The summed E-state index contributed by atoms with van der Waals surface area (Å²) >= 11 is 0. The number of carbonyl (C=O) groups is 1. The molecule has 0 aliphatic carbocycles. The topological polar surface area (TPSA) is 77.8 Å². The van der Waals surface area contributed by atoms with E-state index in [-0.39, 0.29) is 0 Å². The fraction of sp³-hybridized carbons (Fsp3) is 0.947. The fourth-order valence-corrected chi connectivity index (χ4v) is 2.66. The summed E-state index contributed by atoms with van der Waals surface area (Å²) in [6.07, 6.45) is 20.3. The first-order valence-electron chi connectivity index (χ1n) is 9.67. The molecule has 0 aromatic heterocycles.